The second-order valence-electron chi connectivity index (χ2n) is 6.67. The van der Waals surface area contributed by atoms with Crippen LogP contribution in [0.15, 0.2) is 24.3 Å². The van der Waals surface area contributed by atoms with E-state index in [9.17, 15) is 4.79 Å². The Morgan fingerprint density at radius 1 is 1.14 bits per heavy atom. The zero-order chi connectivity index (χ0) is 14.8. The molecule has 1 saturated heterocycles. The highest BCUT2D eigenvalue weighted by Gasteiger charge is 2.34. The molecule has 0 spiro atoms. The summed E-state index contributed by atoms with van der Waals surface area (Å²) in [4.78, 5) is 13.4. The van der Waals surface area contributed by atoms with Crippen molar-refractivity contribution in [2.45, 2.75) is 51.6 Å². The Labute approximate surface area is 127 Å². The van der Waals surface area contributed by atoms with Gasteiger partial charge in [0.1, 0.15) is 0 Å². The molecule has 0 bridgehead atoms. The molecule has 1 saturated carbocycles. The third kappa shape index (κ3) is 3.65. The SMILES string of the molecule is CC(=O)N1CCC(NC(c2ccc(C)cc2)C2CC2)CC1. The predicted molar refractivity (Wildman–Crippen MR) is 85.1 cm³/mol. The fourth-order valence-corrected chi connectivity index (χ4v) is 3.32. The molecule has 1 aromatic carbocycles. The minimum absolute atomic E-state index is 0.214. The number of piperidine rings is 1. The van der Waals surface area contributed by atoms with Crippen molar-refractivity contribution in [3.05, 3.63) is 35.4 Å². The van der Waals surface area contributed by atoms with Crippen LogP contribution < -0.4 is 5.32 Å². The quantitative estimate of drug-likeness (QED) is 0.922. The van der Waals surface area contributed by atoms with Gasteiger partial charge in [-0.1, -0.05) is 29.8 Å². The molecule has 3 rings (SSSR count). The summed E-state index contributed by atoms with van der Waals surface area (Å²) in [5.74, 6) is 1.02. The Bertz CT molecular complexity index is 484. The summed E-state index contributed by atoms with van der Waals surface area (Å²) >= 11 is 0. The molecule has 2 fully saturated rings. The Morgan fingerprint density at radius 3 is 2.29 bits per heavy atom. The molecule has 1 unspecified atom stereocenters. The van der Waals surface area contributed by atoms with Gasteiger partial charge < -0.3 is 10.2 Å². The molecule has 1 aromatic rings. The van der Waals surface area contributed by atoms with E-state index in [-0.39, 0.29) is 5.91 Å². The fraction of sp³-hybridized carbons (Fsp3) is 0.611. The third-order valence-corrected chi connectivity index (χ3v) is 4.89. The van der Waals surface area contributed by atoms with Crippen LogP contribution in [-0.2, 0) is 4.79 Å². The van der Waals surface area contributed by atoms with Gasteiger partial charge >= 0.3 is 0 Å². The fourth-order valence-electron chi connectivity index (χ4n) is 3.32. The van der Waals surface area contributed by atoms with E-state index >= 15 is 0 Å². The van der Waals surface area contributed by atoms with Crippen molar-refractivity contribution in [1.29, 1.82) is 0 Å². The summed E-state index contributed by atoms with van der Waals surface area (Å²) < 4.78 is 0. The van der Waals surface area contributed by atoms with Crippen LogP contribution in [-0.4, -0.2) is 29.9 Å². The molecular weight excluding hydrogens is 260 g/mol. The first-order chi connectivity index (χ1) is 10.1. The van der Waals surface area contributed by atoms with Gasteiger partial charge in [0.2, 0.25) is 5.91 Å². The first kappa shape index (κ1) is 14.6. The van der Waals surface area contributed by atoms with Crippen molar-refractivity contribution >= 4 is 5.91 Å². The molecule has 1 amide bonds. The predicted octanol–water partition coefficient (Wildman–Crippen LogP) is 3.05. The van der Waals surface area contributed by atoms with Crippen molar-refractivity contribution < 1.29 is 4.79 Å². The molecule has 0 radical (unpaired) electrons. The third-order valence-electron chi connectivity index (χ3n) is 4.89. The molecule has 1 aliphatic heterocycles. The number of carbonyl (C=O) groups is 1. The number of hydrogen-bond acceptors (Lipinski definition) is 2. The first-order valence-electron chi connectivity index (χ1n) is 8.21. The lowest BCUT2D eigenvalue weighted by Crippen LogP contribution is -2.45. The molecule has 1 heterocycles. The standard InChI is InChI=1S/C18H26N2O/c1-13-3-5-15(6-4-13)18(16-7-8-16)19-17-9-11-20(12-10-17)14(2)21/h3-6,16-19H,7-12H2,1-2H3. The van der Waals surface area contributed by atoms with E-state index in [2.05, 4.69) is 36.5 Å². The van der Waals surface area contributed by atoms with Crippen molar-refractivity contribution in [2.24, 2.45) is 5.92 Å². The summed E-state index contributed by atoms with van der Waals surface area (Å²) in [5.41, 5.74) is 2.75. The monoisotopic (exact) mass is 286 g/mol. The maximum atomic E-state index is 11.4. The molecule has 2 aliphatic rings. The van der Waals surface area contributed by atoms with Crippen molar-refractivity contribution in [3.63, 3.8) is 0 Å². The lowest BCUT2D eigenvalue weighted by Gasteiger charge is -2.34. The van der Waals surface area contributed by atoms with Crippen LogP contribution in [0.2, 0.25) is 0 Å². The number of benzene rings is 1. The Kier molecular flexibility index (Phi) is 4.29. The molecule has 3 heteroatoms. The van der Waals surface area contributed by atoms with Gasteiger partial charge in [-0.25, -0.2) is 0 Å². The van der Waals surface area contributed by atoms with E-state index in [1.54, 1.807) is 6.92 Å². The summed E-state index contributed by atoms with van der Waals surface area (Å²) in [6.07, 6.45) is 4.85. The van der Waals surface area contributed by atoms with E-state index in [1.165, 1.54) is 24.0 Å². The molecule has 21 heavy (non-hydrogen) atoms. The Morgan fingerprint density at radius 2 is 1.76 bits per heavy atom. The van der Waals surface area contributed by atoms with Gasteiger partial charge in [-0.2, -0.15) is 0 Å². The van der Waals surface area contributed by atoms with Gasteiger partial charge in [-0.05, 0) is 44.1 Å². The number of likely N-dealkylation sites (tertiary alicyclic amines) is 1. The lowest BCUT2D eigenvalue weighted by molar-refractivity contribution is -0.129. The minimum Gasteiger partial charge on any atom is -0.343 e. The second-order valence-corrected chi connectivity index (χ2v) is 6.67. The van der Waals surface area contributed by atoms with Gasteiger partial charge in [0.15, 0.2) is 0 Å². The summed E-state index contributed by atoms with van der Waals surface area (Å²) in [7, 11) is 0. The molecule has 114 valence electrons. The molecule has 1 N–H and O–H groups in total. The molecule has 1 atom stereocenters. The number of hydrogen-bond donors (Lipinski definition) is 1. The van der Waals surface area contributed by atoms with Crippen LogP contribution >= 0.6 is 0 Å². The van der Waals surface area contributed by atoms with E-state index in [0.29, 0.717) is 12.1 Å². The molecule has 1 aliphatic carbocycles. The van der Waals surface area contributed by atoms with Gasteiger partial charge in [-0.15, -0.1) is 0 Å². The summed E-state index contributed by atoms with van der Waals surface area (Å²) in [5, 5.41) is 3.88. The number of aryl methyl sites for hydroxylation is 1. The van der Waals surface area contributed by atoms with Gasteiger partial charge in [-0.3, -0.25) is 4.79 Å². The van der Waals surface area contributed by atoms with E-state index in [0.717, 1.165) is 31.8 Å². The van der Waals surface area contributed by atoms with Crippen molar-refractivity contribution in [2.75, 3.05) is 13.1 Å². The normalized spacial score (nSPS) is 21.3. The zero-order valence-electron chi connectivity index (χ0n) is 13.1. The number of nitrogens with one attached hydrogen (secondary N) is 1. The molecule has 3 nitrogen and oxygen atoms in total. The van der Waals surface area contributed by atoms with E-state index in [4.69, 9.17) is 0 Å². The van der Waals surface area contributed by atoms with Crippen molar-refractivity contribution in [1.82, 2.24) is 10.2 Å². The van der Waals surface area contributed by atoms with Crippen LogP contribution in [0.4, 0.5) is 0 Å². The highest BCUT2D eigenvalue weighted by molar-refractivity contribution is 5.73. The summed E-state index contributed by atoms with van der Waals surface area (Å²) in [6, 6.07) is 10.0. The van der Waals surface area contributed by atoms with Crippen LogP contribution in [0, 0.1) is 12.8 Å². The van der Waals surface area contributed by atoms with Gasteiger partial charge in [0.25, 0.3) is 0 Å². The smallest absolute Gasteiger partial charge is 0.219 e. The molecule has 0 aromatic heterocycles. The first-order valence-corrected chi connectivity index (χ1v) is 8.21. The highest BCUT2D eigenvalue weighted by Crippen LogP contribution is 2.41. The maximum Gasteiger partial charge on any atom is 0.219 e. The van der Waals surface area contributed by atoms with Crippen molar-refractivity contribution in [3.8, 4) is 0 Å². The average molecular weight is 286 g/mol. The number of rotatable bonds is 4. The maximum absolute atomic E-state index is 11.4. The summed E-state index contributed by atoms with van der Waals surface area (Å²) in [6.45, 7) is 5.62. The molecular formula is C18H26N2O. The van der Waals surface area contributed by atoms with Crippen LogP contribution in [0.1, 0.15) is 49.8 Å². The largest absolute Gasteiger partial charge is 0.343 e. The second kappa shape index (κ2) is 6.18. The minimum atomic E-state index is 0.214. The lowest BCUT2D eigenvalue weighted by atomic mass is 9.97. The van der Waals surface area contributed by atoms with Crippen LogP contribution in [0.5, 0.6) is 0 Å². The average Bonchev–Trinajstić information content (AvgIpc) is 3.31. The van der Waals surface area contributed by atoms with Gasteiger partial charge in [0.05, 0.1) is 0 Å². The topological polar surface area (TPSA) is 32.3 Å². The zero-order valence-corrected chi connectivity index (χ0v) is 13.1. The van der Waals surface area contributed by atoms with E-state index < -0.39 is 0 Å². The highest BCUT2D eigenvalue weighted by atomic mass is 16.2. The van der Waals surface area contributed by atoms with Crippen LogP contribution in [0.25, 0.3) is 0 Å². The van der Waals surface area contributed by atoms with E-state index in [1.807, 2.05) is 4.90 Å². The number of carbonyl (C=O) groups excluding carboxylic acids is 1. The Balaban J connectivity index is 1.61. The Hall–Kier alpha value is -1.35. The van der Waals surface area contributed by atoms with Gasteiger partial charge in [0, 0.05) is 32.1 Å². The number of nitrogens with zero attached hydrogens (tertiary/aromatic N) is 1. The van der Waals surface area contributed by atoms with Crippen LogP contribution in [0.3, 0.4) is 0 Å². The number of amides is 1.